The van der Waals surface area contributed by atoms with Crippen LogP contribution in [0.4, 0.5) is 69.3 Å². The summed E-state index contributed by atoms with van der Waals surface area (Å²) in [7, 11) is 24.1. The van der Waals surface area contributed by atoms with Gasteiger partial charge >= 0.3 is 24.0 Å². The van der Waals surface area contributed by atoms with E-state index in [1.807, 2.05) is 116 Å². The van der Waals surface area contributed by atoms with Gasteiger partial charge in [0, 0.05) is 180 Å². The number of ether oxygens (including phenoxy) is 4. The molecular formula is C95H130N28O8. The van der Waals surface area contributed by atoms with E-state index in [4.69, 9.17) is 18.9 Å². The van der Waals surface area contributed by atoms with Gasteiger partial charge < -0.3 is 101 Å². The molecule has 4 fully saturated rings. The van der Waals surface area contributed by atoms with E-state index < -0.39 is 0 Å². The number of hydrogen-bond acceptors (Lipinski definition) is 32. The zero-order valence-corrected chi connectivity index (χ0v) is 80.0. The van der Waals surface area contributed by atoms with Crippen LogP contribution in [-0.4, -0.2) is 271 Å². The average Bonchev–Trinajstić information content (AvgIpc) is 0.806. The largest absolute Gasteiger partial charge is 0.460 e. The Balaban J connectivity index is 0.000000197. The number of rotatable bonds is 29. The Hall–Kier alpha value is -13.5. The first-order chi connectivity index (χ1) is 62.6. The Kier molecular flexibility index (Phi) is 37.3. The van der Waals surface area contributed by atoms with Crippen LogP contribution in [0.25, 0.3) is 0 Å². The monoisotopic (exact) mass is 1790 g/mol. The topological polar surface area (TPSA) is 426 Å². The minimum atomic E-state index is -0.188. The standard InChI is InChI=1S/C25H35N7O2.2C24H33N7O2.C22H29N7O2/c1-16(2)15-32(6)23-20(14-26)22(28-21-13-18(24(33)27-4)8-7-17(21)3)29-25(30-23)34-19-9-11-31(5)12-10-19;1-15(2)31(6)22-19(14-25)21(27-20-13-17(23(32)26-4)8-7-16(20)3)28-24(29-22)33-18-9-11-30(5)12-10-18;1-6-11-31(5)22-19(15-25)21(27-20-14-17(23(32)26-3)8-7-16(20)2)28-24(29-22)33-18-9-12-30(4)13-10-18;1-14-6-7-15(21(30)24-2)12-18(14)25-19-17(13-23)20(28(3)4)27-22(26-19)31-16-8-10-29(5)11-9-16/h7-8,13,16,19H,9-12,15H2,1-6H3,(H,27,33)(H,28,29,30);7-8,13,15,18H,9-12H2,1-6H3,(H,26,32)(H,27,28,29);7-8,14,18H,6,9-13H2,1-5H3,(H,26,32)(H,27,28,29);6-7,12,16H,8-11H2,1-5H3,(H,24,30)(H,25,26,27). The zero-order chi connectivity index (χ0) is 95.4. The molecule has 4 aromatic heterocycles. The number of aromatic nitrogens is 8. The number of likely N-dealkylation sites (tertiary alicyclic amines) is 4. The number of benzene rings is 4. The molecule has 698 valence electrons. The smallest absolute Gasteiger partial charge is 0.320 e. The Bertz CT molecular complexity index is 5440. The fourth-order valence-electron chi connectivity index (χ4n) is 14.8. The molecule has 8 heterocycles. The first kappa shape index (κ1) is 101. The first-order valence-electron chi connectivity index (χ1n) is 44.5. The highest BCUT2D eigenvalue weighted by atomic mass is 16.5. The zero-order valence-electron chi connectivity index (χ0n) is 80.0. The van der Waals surface area contributed by atoms with E-state index in [9.17, 15) is 40.2 Å². The molecule has 12 rings (SSSR count). The Labute approximate surface area is 771 Å². The second kappa shape index (κ2) is 48.2. The Morgan fingerprint density at radius 1 is 0.389 bits per heavy atom. The third-order valence-corrected chi connectivity index (χ3v) is 23.0. The molecule has 4 aromatic carbocycles. The third-order valence-electron chi connectivity index (χ3n) is 23.0. The molecule has 4 aliphatic heterocycles. The molecule has 0 saturated carbocycles. The summed E-state index contributed by atoms with van der Waals surface area (Å²) in [5.74, 6) is 3.11. The van der Waals surface area contributed by atoms with E-state index in [0.29, 0.717) is 120 Å². The van der Waals surface area contributed by atoms with Crippen molar-refractivity contribution in [3.8, 4) is 48.3 Å². The molecule has 8 aromatic rings. The van der Waals surface area contributed by atoms with Crippen molar-refractivity contribution >= 4 is 92.9 Å². The van der Waals surface area contributed by atoms with Crippen molar-refractivity contribution in [3.05, 3.63) is 140 Å². The number of amides is 4. The van der Waals surface area contributed by atoms with Crippen molar-refractivity contribution in [1.29, 1.82) is 21.0 Å². The molecule has 4 aliphatic rings. The maximum absolute atomic E-state index is 12.2. The molecule has 36 heteroatoms. The van der Waals surface area contributed by atoms with Crippen LogP contribution in [0.3, 0.4) is 0 Å². The van der Waals surface area contributed by atoms with Gasteiger partial charge in [0.05, 0.1) is 0 Å². The quantitative estimate of drug-likeness (QED) is 0.0216. The van der Waals surface area contributed by atoms with Crippen LogP contribution in [0.5, 0.6) is 24.0 Å². The van der Waals surface area contributed by atoms with Gasteiger partial charge in [-0.15, -0.1) is 0 Å². The lowest BCUT2D eigenvalue weighted by atomic mass is 10.1. The van der Waals surface area contributed by atoms with Gasteiger partial charge in [-0.1, -0.05) is 45.0 Å². The SMILES string of the molecule is CCCN(C)c1nc(OC2CCN(C)CC2)nc(Nc2cc(C(=O)NC)ccc2C)c1C#N.CNC(=O)c1ccc(C)c(Nc2nc(OC3CCN(C)CC3)nc(N(C)C(C)C)c2C#N)c1.CNC(=O)c1ccc(C)c(Nc2nc(OC3CCN(C)CC3)nc(N(C)C)c2C#N)c1.CNC(=O)c1ccc(C)c(Nc2nc(OC3CCN(C)CC3)nc(N(C)CC(C)C)c2C#N)c1. The summed E-state index contributed by atoms with van der Waals surface area (Å²) in [5, 5.41) is 63.4. The summed E-state index contributed by atoms with van der Waals surface area (Å²) in [6.45, 7) is 27.2. The number of nitriles is 4. The van der Waals surface area contributed by atoms with E-state index in [2.05, 4.69) is 175 Å². The fourth-order valence-corrected chi connectivity index (χ4v) is 14.8. The van der Waals surface area contributed by atoms with Gasteiger partial charge in [-0.25, -0.2) is 0 Å². The molecule has 0 unspecified atom stereocenters. The number of carbonyl (C=O) groups excluding carboxylic acids is 4. The molecule has 36 nitrogen and oxygen atoms in total. The molecule has 0 atom stereocenters. The van der Waals surface area contributed by atoms with Crippen LogP contribution < -0.4 is 81.1 Å². The predicted octanol–water partition coefficient (Wildman–Crippen LogP) is 11.8. The number of piperidine rings is 4. The number of hydrogen-bond donors (Lipinski definition) is 8. The first-order valence-corrected chi connectivity index (χ1v) is 44.5. The van der Waals surface area contributed by atoms with Gasteiger partial charge in [0.2, 0.25) is 0 Å². The van der Waals surface area contributed by atoms with Gasteiger partial charge in [0.1, 0.15) is 70.9 Å². The van der Waals surface area contributed by atoms with Crippen molar-refractivity contribution in [1.82, 2.24) is 80.7 Å². The minimum absolute atomic E-state index is 0.0255. The molecule has 4 amide bonds. The number of carbonyl (C=O) groups is 4. The Morgan fingerprint density at radius 2 is 0.634 bits per heavy atom. The average molecular weight is 1790 g/mol. The number of nitrogens with zero attached hydrogens (tertiary/aromatic N) is 20. The lowest BCUT2D eigenvalue weighted by Gasteiger charge is -2.29. The van der Waals surface area contributed by atoms with E-state index in [1.165, 1.54) is 0 Å². The number of aryl methyl sites for hydroxylation is 4. The third kappa shape index (κ3) is 28.0. The fraction of sp³-hybridized carbons (Fsp3) is 0.495. The van der Waals surface area contributed by atoms with E-state index in [1.54, 1.807) is 81.6 Å². The van der Waals surface area contributed by atoms with Crippen LogP contribution in [-0.2, 0) is 0 Å². The van der Waals surface area contributed by atoms with Gasteiger partial charge in [-0.2, -0.15) is 60.9 Å². The van der Waals surface area contributed by atoms with Gasteiger partial charge in [0.25, 0.3) is 23.6 Å². The van der Waals surface area contributed by atoms with Crippen LogP contribution in [0.15, 0.2) is 72.8 Å². The number of anilines is 12. The lowest BCUT2D eigenvalue weighted by molar-refractivity contribution is 0.0955. The van der Waals surface area contributed by atoms with E-state index >= 15 is 0 Å². The highest BCUT2D eigenvalue weighted by molar-refractivity contribution is 5.98. The van der Waals surface area contributed by atoms with Crippen LogP contribution in [0, 0.1) is 78.9 Å². The summed E-state index contributed by atoms with van der Waals surface area (Å²) in [6.07, 6.45) is 8.20. The van der Waals surface area contributed by atoms with Crippen molar-refractivity contribution in [2.75, 3.05) is 198 Å². The number of nitrogens with one attached hydrogen (secondary N) is 8. The highest BCUT2D eigenvalue weighted by Gasteiger charge is 2.31. The maximum Gasteiger partial charge on any atom is 0.320 e. The molecule has 4 saturated heterocycles. The lowest BCUT2D eigenvalue weighted by Crippen LogP contribution is -2.36. The predicted molar refractivity (Wildman–Crippen MR) is 513 cm³/mol. The molecule has 8 N–H and O–H groups in total. The molecule has 0 spiro atoms. The summed E-state index contributed by atoms with van der Waals surface area (Å²) in [4.78, 5) is 102. The van der Waals surface area contributed by atoms with Gasteiger partial charge in [0.15, 0.2) is 46.5 Å². The molecule has 0 radical (unpaired) electrons. The summed E-state index contributed by atoms with van der Waals surface area (Å²) in [6, 6.07) is 31.6. The van der Waals surface area contributed by atoms with Crippen molar-refractivity contribution in [2.24, 2.45) is 5.92 Å². The van der Waals surface area contributed by atoms with Gasteiger partial charge in [-0.05, 0) is 204 Å². The van der Waals surface area contributed by atoms with Crippen molar-refractivity contribution in [2.45, 2.75) is 151 Å². The van der Waals surface area contributed by atoms with E-state index in [0.717, 1.165) is 145 Å². The summed E-state index contributed by atoms with van der Waals surface area (Å²) in [5.41, 5.74) is 9.82. The molecule has 0 bridgehead atoms. The second-order valence-corrected chi connectivity index (χ2v) is 34.4. The van der Waals surface area contributed by atoms with Crippen LogP contribution in [0.2, 0.25) is 0 Å². The molecular weight excluding hydrogens is 1660 g/mol. The highest BCUT2D eigenvalue weighted by Crippen LogP contribution is 2.37. The van der Waals surface area contributed by atoms with Gasteiger partial charge in [-0.3, -0.25) is 19.2 Å². The summed E-state index contributed by atoms with van der Waals surface area (Å²) >= 11 is 0. The Morgan fingerprint density at radius 3 is 0.870 bits per heavy atom. The van der Waals surface area contributed by atoms with Crippen LogP contribution in [0.1, 0.15) is 178 Å². The van der Waals surface area contributed by atoms with Crippen molar-refractivity contribution in [3.63, 3.8) is 0 Å². The van der Waals surface area contributed by atoms with Crippen molar-refractivity contribution < 1.29 is 38.1 Å². The second-order valence-electron chi connectivity index (χ2n) is 34.4. The molecule has 0 aliphatic carbocycles. The molecule has 131 heavy (non-hydrogen) atoms. The van der Waals surface area contributed by atoms with E-state index in [-0.39, 0.29) is 78.1 Å². The maximum atomic E-state index is 12.2. The van der Waals surface area contributed by atoms with Crippen LogP contribution >= 0.6 is 0 Å². The summed E-state index contributed by atoms with van der Waals surface area (Å²) < 4.78 is 24.6. The normalized spacial score (nSPS) is 14.5. The minimum Gasteiger partial charge on any atom is -0.460 e.